The molecular formula is C18H27BFN3O4. The molecule has 0 spiro atoms. The van der Waals surface area contributed by atoms with E-state index in [0.717, 1.165) is 0 Å². The molecule has 2 fully saturated rings. The van der Waals surface area contributed by atoms with E-state index in [-0.39, 0.29) is 17.4 Å². The first-order chi connectivity index (χ1) is 12.6. The van der Waals surface area contributed by atoms with Crippen molar-refractivity contribution in [2.75, 3.05) is 24.6 Å². The van der Waals surface area contributed by atoms with Crippen molar-refractivity contribution in [1.82, 2.24) is 9.97 Å². The zero-order valence-electron chi connectivity index (χ0n) is 16.6. The summed E-state index contributed by atoms with van der Waals surface area (Å²) in [7, 11) is -0.835. The first kappa shape index (κ1) is 20.0. The summed E-state index contributed by atoms with van der Waals surface area (Å²) in [5, 5.41) is 0. The largest absolute Gasteiger partial charge is 0.501 e. The predicted octanol–water partition coefficient (Wildman–Crippen LogP) is 1.69. The first-order valence-electron chi connectivity index (χ1n) is 9.44. The van der Waals surface area contributed by atoms with Crippen molar-refractivity contribution in [2.45, 2.75) is 58.7 Å². The minimum atomic E-state index is -0.835. The lowest BCUT2D eigenvalue weighted by molar-refractivity contribution is -0.148. The molecule has 0 N–H and O–H groups in total. The quantitative estimate of drug-likeness (QED) is 0.448. The lowest BCUT2D eigenvalue weighted by Crippen LogP contribution is -2.41. The number of piperidine rings is 1. The number of anilines is 1. The molecule has 0 aliphatic carbocycles. The number of hydrogen-bond acceptors (Lipinski definition) is 7. The molecule has 0 unspecified atom stereocenters. The molecule has 0 saturated carbocycles. The summed E-state index contributed by atoms with van der Waals surface area (Å²) in [5.41, 5.74) is -0.922. The average Bonchev–Trinajstić information content (AvgIpc) is 2.82. The fraction of sp³-hybridized carbons (Fsp3) is 0.722. The van der Waals surface area contributed by atoms with Crippen LogP contribution in [0.2, 0.25) is 0 Å². The second-order valence-electron chi connectivity index (χ2n) is 8.02. The third-order valence-electron chi connectivity index (χ3n) is 5.66. The van der Waals surface area contributed by atoms with Gasteiger partial charge in [0.05, 0.1) is 29.2 Å². The van der Waals surface area contributed by atoms with Crippen LogP contribution in [-0.4, -0.2) is 54.0 Å². The second kappa shape index (κ2) is 7.35. The number of rotatable bonds is 4. The Morgan fingerprint density at radius 3 is 2.41 bits per heavy atom. The standard InChI is InChI=1S/C18H27BFN3O4/c1-6-25-15(24)12-7-9-23(10-8-12)16-21-11-13(14(20)22-16)19-26-17(2,3)18(4,5)27-19/h11-12H,6-10H2,1-5H3. The first-order valence-corrected chi connectivity index (χ1v) is 9.44. The van der Waals surface area contributed by atoms with E-state index < -0.39 is 24.3 Å². The van der Waals surface area contributed by atoms with E-state index in [0.29, 0.717) is 38.5 Å². The van der Waals surface area contributed by atoms with Gasteiger partial charge < -0.3 is 18.9 Å². The van der Waals surface area contributed by atoms with Crippen LogP contribution in [0.15, 0.2) is 6.20 Å². The number of aromatic nitrogens is 2. The number of carbonyl (C=O) groups is 1. The minimum Gasteiger partial charge on any atom is -0.466 e. The summed E-state index contributed by atoms with van der Waals surface area (Å²) in [4.78, 5) is 22.0. The van der Waals surface area contributed by atoms with Gasteiger partial charge in [0.15, 0.2) is 0 Å². The van der Waals surface area contributed by atoms with Crippen LogP contribution >= 0.6 is 0 Å². The Morgan fingerprint density at radius 1 is 1.30 bits per heavy atom. The lowest BCUT2D eigenvalue weighted by atomic mass is 9.81. The molecule has 1 aromatic rings. The van der Waals surface area contributed by atoms with Crippen LogP contribution in [0.1, 0.15) is 47.5 Å². The molecule has 2 aliphatic rings. The van der Waals surface area contributed by atoms with E-state index >= 15 is 0 Å². The van der Waals surface area contributed by atoms with Crippen molar-refractivity contribution >= 4 is 24.5 Å². The van der Waals surface area contributed by atoms with Gasteiger partial charge in [0, 0.05) is 19.3 Å². The molecule has 3 heterocycles. The summed E-state index contributed by atoms with van der Waals surface area (Å²) in [6.45, 7) is 11.0. The third kappa shape index (κ3) is 3.94. The van der Waals surface area contributed by atoms with Crippen LogP contribution in [0, 0.1) is 11.9 Å². The van der Waals surface area contributed by atoms with Gasteiger partial charge in [-0.25, -0.2) is 4.98 Å². The highest BCUT2D eigenvalue weighted by molar-refractivity contribution is 6.62. The maximum Gasteiger partial charge on any atom is 0.501 e. The van der Waals surface area contributed by atoms with Gasteiger partial charge in [-0.15, -0.1) is 0 Å². The zero-order valence-corrected chi connectivity index (χ0v) is 16.6. The van der Waals surface area contributed by atoms with Gasteiger partial charge in [-0.2, -0.15) is 9.37 Å². The molecule has 0 aromatic carbocycles. The number of nitrogens with zero attached hydrogens (tertiary/aromatic N) is 3. The van der Waals surface area contributed by atoms with Crippen molar-refractivity contribution in [2.24, 2.45) is 5.92 Å². The van der Waals surface area contributed by atoms with Gasteiger partial charge in [0.25, 0.3) is 0 Å². The maximum atomic E-state index is 14.7. The number of esters is 1. The van der Waals surface area contributed by atoms with Crippen molar-refractivity contribution in [3.05, 3.63) is 12.1 Å². The van der Waals surface area contributed by atoms with Gasteiger partial charge in [-0.1, -0.05) is 0 Å². The summed E-state index contributed by atoms with van der Waals surface area (Å²) in [6, 6.07) is 0. The van der Waals surface area contributed by atoms with Gasteiger partial charge in [0.2, 0.25) is 11.9 Å². The van der Waals surface area contributed by atoms with Crippen LogP contribution in [0.3, 0.4) is 0 Å². The minimum absolute atomic E-state index is 0.116. The molecule has 7 nitrogen and oxygen atoms in total. The molecule has 3 rings (SSSR count). The Hall–Kier alpha value is -1.74. The molecule has 0 radical (unpaired) electrons. The van der Waals surface area contributed by atoms with Crippen molar-refractivity contribution in [3.8, 4) is 0 Å². The number of hydrogen-bond donors (Lipinski definition) is 0. The fourth-order valence-electron chi connectivity index (χ4n) is 3.22. The summed E-state index contributed by atoms with van der Waals surface area (Å²) in [5.74, 6) is -0.614. The fourth-order valence-corrected chi connectivity index (χ4v) is 3.22. The number of halogens is 1. The predicted molar refractivity (Wildman–Crippen MR) is 99.3 cm³/mol. The molecule has 0 amide bonds. The topological polar surface area (TPSA) is 73.8 Å². The van der Waals surface area contributed by atoms with Crippen LogP contribution < -0.4 is 10.4 Å². The number of carbonyl (C=O) groups excluding carboxylic acids is 1. The molecule has 9 heteroatoms. The van der Waals surface area contributed by atoms with Crippen LogP contribution in [0.4, 0.5) is 10.3 Å². The van der Waals surface area contributed by atoms with Crippen LogP contribution in [0.25, 0.3) is 0 Å². The van der Waals surface area contributed by atoms with Gasteiger partial charge in [-0.3, -0.25) is 4.79 Å². The summed E-state index contributed by atoms with van der Waals surface area (Å²) >= 11 is 0. The highest BCUT2D eigenvalue weighted by Gasteiger charge is 2.52. The summed E-state index contributed by atoms with van der Waals surface area (Å²) < 4.78 is 31.5. The Morgan fingerprint density at radius 2 is 1.89 bits per heavy atom. The Balaban J connectivity index is 1.67. The summed E-state index contributed by atoms with van der Waals surface area (Å²) in [6.07, 6.45) is 2.71. The third-order valence-corrected chi connectivity index (χ3v) is 5.66. The van der Waals surface area contributed by atoms with E-state index in [2.05, 4.69) is 9.97 Å². The van der Waals surface area contributed by atoms with E-state index in [1.54, 1.807) is 6.92 Å². The van der Waals surface area contributed by atoms with Crippen molar-refractivity contribution < 1.29 is 23.2 Å². The Bertz CT molecular complexity index is 692. The van der Waals surface area contributed by atoms with E-state index in [1.165, 1.54) is 6.20 Å². The average molecular weight is 379 g/mol. The van der Waals surface area contributed by atoms with Gasteiger partial charge in [0.1, 0.15) is 0 Å². The highest BCUT2D eigenvalue weighted by atomic mass is 19.1. The molecule has 2 aliphatic heterocycles. The van der Waals surface area contributed by atoms with Gasteiger partial charge in [-0.05, 0) is 47.5 Å². The number of ether oxygens (including phenoxy) is 1. The molecule has 0 atom stereocenters. The smallest absolute Gasteiger partial charge is 0.466 e. The molecular weight excluding hydrogens is 352 g/mol. The second-order valence-corrected chi connectivity index (χ2v) is 8.02. The maximum absolute atomic E-state index is 14.7. The SMILES string of the molecule is CCOC(=O)C1CCN(c2ncc(B3OC(C)(C)C(C)(C)O3)c(F)n2)CC1. The lowest BCUT2D eigenvalue weighted by Gasteiger charge is -2.32. The molecule has 148 valence electrons. The van der Waals surface area contributed by atoms with E-state index in [4.69, 9.17) is 14.0 Å². The highest BCUT2D eigenvalue weighted by Crippen LogP contribution is 2.36. The monoisotopic (exact) mass is 379 g/mol. The normalized spacial score (nSPS) is 22.1. The van der Waals surface area contributed by atoms with Crippen molar-refractivity contribution in [3.63, 3.8) is 0 Å². The molecule has 2 saturated heterocycles. The van der Waals surface area contributed by atoms with Crippen LogP contribution in [-0.2, 0) is 18.8 Å². The molecule has 1 aromatic heterocycles. The van der Waals surface area contributed by atoms with E-state index in [9.17, 15) is 9.18 Å². The molecule has 0 bridgehead atoms. The Kier molecular flexibility index (Phi) is 5.45. The van der Waals surface area contributed by atoms with Crippen molar-refractivity contribution in [1.29, 1.82) is 0 Å². The zero-order chi connectivity index (χ0) is 19.8. The van der Waals surface area contributed by atoms with Gasteiger partial charge >= 0.3 is 13.1 Å². The van der Waals surface area contributed by atoms with E-state index in [1.807, 2.05) is 32.6 Å². The molecule has 27 heavy (non-hydrogen) atoms. The van der Waals surface area contributed by atoms with Crippen LogP contribution in [0.5, 0.6) is 0 Å². The Labute approximate surface area is 159 Å².